The van der Waals surface area contributed by atoms with Gasteiger partial charge in [0.25, 0.3) is 0 Å². The molecule has 1 amide bonds. The Morgan fingerprint density at radius 1 is 1.38 bits per heavy atom. The first-order valence-corrected chi connectivity index (χ1v) is 11.3. The third-order valence-corrected chi connectivity index (χ3v) is 7.35. The molecule has 7 nitrogen and oxygen atoms in total. The van der Waals surface area contributed by atoms with Gasteiger partial charge >= 0.3 is 0 Å². The van der Waals surface area contributed by atoms with E-state index in [0.29, 0.717) is 33.1 Å². The second kappa shape index (κ2) is 7.75. The Bertz CT molecular complexity index is 946. The van der Waals surface area contributed by atoms with Crippen LogP contribution in [-0.2, 0) is 21.7 Å². The number of carbonyl (C=O) groups is 1. The lowest BCUT2D eigenvalue weighted by Crippen LogP contribution is -2.15. The minimum atomic E-state index is -2.99. The van der Waals surface area contributed by atoms with Crippen LogP contribution < -0.4 is 5.32 Å². The first-order valence-electron chi connectivity index (χ1n) is 7.72. The second-order valence-corrected chi connectivity index (χ2v) is 9.98. The standard InChI is InChI=1S/C15H16Cl2N4O3S2/c1-21-14(9-4-5-26(23,24)8-9)19-20-15(21)25-7-13(22)18-12-6-10(16)2-3-11(12)17/h2-3,6,9H,4-5,7-8H2,1H3,(H,18,22). The van der Waals surface area contributed by atoms with Crippen LogP contribution in [0.3, 0.4) is 0 Å². The maximum atomic E-state index is 12.1. The molecule has 1 aromatic heterocycles. The van der Waals surface area contributed by atoms with Crippen molar-refractivity contribution in [2.24, 2.45) is 7.05 Å². The number of nitrogens with zero attached hydrogens (tertiary/aromatic N) is 3. The molecule has 1 aliphatic rings. The van der Waals surface area contributed by atoms with Crippen molar-refractivity contribution >= 4 is 56.4 Å². The van der Waals surface area contributed by atoms with Crippen molar-refractivity contribution in [1.82, 2.24) is 14.8 Å². The van der Waals surface area contributed by atoms with E-state index in [9.17, 15) is 13.2 Å². The summed E-state index contributed by atoms with van der Waals surface area (Å²) in [5.74, 6) is 0.607. The summed E-state index contributed by atoms with van der Waals surface area (Å²) < 4.78 is 25.0. The third-order valence-electron chi connectivity index (χ3n) is 4.00. The maximum Gasteiger partial charge on any atom is 0.234 e. The van der Waals surface area contributed by atoms with E-state index in [-0.39, 0.29) is 29.1 Å². The number of nitrogens with one attached hydrogen (secondary N) is 1. The van der Waals surface area contributed by atoms with Crippen LogP contribution in [0.4, 0.5) is 5.69 Å². The van der Waals surface area contributed by atoms with Crippen LogP contribution in [0.15, 0.2) is 23.4 Å². The van der Waals surface area contributed by atoms with Gasteiger partial charge in [0.05, 0.1) is 28.0 Å². The van der Waals surface area contributed by atoms with Gasteiger partial charge in [0, 0.05) is 18.0 Å². The molecule has 0 aliphatic carbocycles. The predicted molar refractivity (Wildman–Crippen MR) is 103 cm³/mol. The lowest BCUT2D eigenvalue weighted by Gasteiger charge is -2.09. The predicted octanol–water partition coefficient (Wildman–Crippen LogP) is 2.75. The molecule has 0 saturated carbocycles. The molecule has 26 heavy (non-hydrogen) atoms. The maximum absolute atomic E-state index is 12.1. The van der Waals surface area contributed by atoms with Crippen molar-refractivity contribution in [2.75, 3.05) is 22.6 Å². The molecule has 2 aromatic rings. The first kappa shape index (κ1) is 19.5. The Morgan fingerprint density at radius 3 is 2.85 bits per heavy atom. The van der Waals surface area contributed by atoms with Crippen LogP contribution in [-0.4, -0.2) is 46.3 Å². The number of benzene rings is 1. The molecule has 1 aromatic carbocycles. The highest BCUT2D eigenvalue weighted by molar-refractivity contribution is 7.99. The summed E-state index contributed by atoms with van der Waals surface area (Å²) in [7, 11) is -1.22. The summed E-state index contributed by atoms with van der Waals surface area (Å²) in [6.45, 7) is 0. The number of sulfone groups is 1. The average Bonchev–Trinajstić information content (AvgIpc) is 3.11. The Labute approximate surface area is 165 Å². The fourth-order valence-corrected chi connectivity index (χ4v) is 5.51. The monoisotopic (exact) mass is 434 g/mol. The lowest BCUT2D eigenvalue weighted by atomic mass is 10.1. The topological polar surface area (TPSA) is 93.9 Å². The third kappa shape index (κ3) is 4.51. The van der Waals surface area contributed by atoms with E-state index >= 15 is 0 Å². The van der Waals surface area contributed by atoms with Gasteiger partial charge in [-0.1, -0.05) is 35.0 Å². The molecule has 1 unspecified atom stereocenters. The zero-order valence-corrected chi connectivity index (χ0v) is 16.9. The van der Waals surface area contributed by atoms with Gasteiger partial charge in [-0.3, -0.25) is 4.79 Å². The zero-order chi connectivity index (χ0) is 18.9. The van der Waals surface area contributed by atoms with Gasteiger partial charge in [-0.15, -0.1) is 10.2 Å². The highest BCUT2D eigenvalue weighted by Gasteiger charge is 2.32. The van der Waals surface area contributed by atoms with E-state index in [0.717, 1.165) is 0 Å². The minimum Gasteiger partial charge on any atom is -0.324 e. The second-order valence-electron chi connectivity index (χ2n) is 5.96. The number of hydrogen-bond donors (Lipinski definition) is 1. The summed E-state index contributed by atoms with van der Waals surface area (Å²) in [5.41, 5.74) is 0.444. The number of hydrogen-bond acceptors (Lipinski definition) is 6. The van der Waals surface area contributed by atoms with E-state index in [1.807, 2.05) is 0 Å². The Kier molecular flexibility index (Phi) is 5.81. The number of aromatic nitrogens is 3. The van der Waals surface area contributed by atoms with E-state index in [4.69, 9.17) is 23.2 Å². The highest BCUT2D eigenvalue weighted by atomic mass is 35.5. The number of amides is 1. The molecular formula is C15H16Cl2N4O3S2. The van der Waals surface area contributed by atoms with Crippen molar-refractivity contribution in [2.45, 2.75) is 17.5 Å². The Hall–Kier alpha value is -1.29. The molecule has 0 radical (unpaired) electrons. The van der Waals surface area contributed by atoms with Crippen molar-refractivity contribution in [3.05, 3.63) is 34.1 Å². The van der Waals surface area contributed by atoms with Gasteiger partial charge in [0.2, 0.25) is 5.91 Å². The molecule has 2 heterocycles. The Morgan fingerprint density at radius 2 is 2.15 bits per heavy atom. The molecule has 0 bridgehead atoms. The lowest BCUT2D eigenvalue weighted by molar-refractivity contribution is -0.113. The highest BCUT2D eigenvalue weighted by Crippen LogP contribution is 2.30. The van der Waals surface area contributed by atoms with Gasteiger partial charge in [-0.25, -0.2) is 8.42 Å². The molecular weight excluding hydrogens is 419 g/mol. The van der Waals surface area contributed by atoms with Gasteiger partial charge in [-0.2, -0.15) is 0 Å². The minimum absolute atomic E-state index is 0.0946. The fourth-order valence-electron chi connectivity index (χ4n) is 2.72. The van der Waals surface area contributed by atoms with Gasteiger partial charge < -0.3 is 9.88 Å². The van der Waals surface area contributed by atoms with Crippen molar-refractivity contribution in [3.8, 4) is 0 Å². The van der Waals surface area contributed by atoms with Crippen molar-refractivity contribution < 1.29 is 13.2 Å². The molecule has 1 atom stereocenters. The molecule has 1 saturated heterocycles. The number of rotatable bonds is 5. The van der Waals surface area contributed by atoms with Crippen molar-refractivity contribution in [3.63, 3.8) is 0 Å². The summed E-state index contributed by atoms with van der Waals surface area (Å²) in [4.78, 5) is 12.1. The Balaban J connectivity index is 1.62. The van der Waals surface area contributed by atoms with Gasteiger partial charge in [-0.05, 0) is 24.6 Å². The fraction of sp³-hybridized carbons (Fsp3) is 0.400. The van der Waals surface area contributed by atoms with Gasteiger partial charge in [0.15, 0.2) is 15.0 Å². The summed E-state index contributed by atoms with van der Waals surface area (Å²) in [5, 5.41) is 12.3. The van der Waals surface area contributed by atoms with E-state index in [2.05, 4.69) is 15.5 Å². The van der Waals surface area contributed by atoms with E-state index < -0.39 is 9.84 Å². The van der Waals surface area contributed by atoms with Crippen LogP contribution in [0.1, 0.15) is 18.2 Å². The zero-order valence-electron chi connectivity index (χ0n) is 13.8. The normalized spacial score (nSPS) is 18.8. The van der Waals surface area contributed by atoms with Gasteiger partial charge in [0.1, 0.15) is 5.82 Å². The molecule has 140 valence electrons. The van der Waals surface area contributed by atoms with E-state index in [1.54, 1.807) is 29.8 Å². The molecule has 1 fully saturated rings. The largest absolute Gasteiger partial charge is 0.324 e. The number of carbonyl (C=O) groups excluding carboxylic acids is 1. The van der Waals surface area contributed by atoms with E-state index in [1.165, 1.54) is 11.8 Å². The molecule has 1 aliphatic heterocycles. The average molecular weight is 435 g/mol. The number of halogens is 2. The SMILES string of the molecule is Cn1c(SCC(=O)Nc2cc(Cl)ccc2Cl)nnc1C1CCS(=O)(=O)C1. The first-order chi connectivity index (χ1) is 12.2. The summed E-state index contributed by atoms with van der Waals surface area (Å²) in [6.07, 6.45) is 0.548. The van der Waals surface area contributed by atoms with Crippen LogP contribution in [0, 0.1) is 0 Å². The summed E-state index contributed by atoms with van der Waals surface area (Å²) >= 11 is 13.1. The molecule has 1 N–H and O–H groups in total. The smallest absolute Gasteiger partial charge is 0.234 e. The summed E-state index contributed by atoms with van der Waals surface area (Å²) in [6, 6.07) is 4.82. The quantitative estimate of drug-likeness (QED) is 0.726. The van der Waals surface area contributed by atoms with Crippen LogP contribution >= 0.6 is 35.0 Å². The molecule has 0 spiro atoms. The number of anilines is 1. The number of thioether (sulfide) groups is 1. The van der Waals surface area contributed by atoms with Crippen LogP contribution in [0.5, 0.6) is 0 Å². The molecule has 11 heteroatoms. The molecule has 3 rings (SSSR count). The van der Waals surface area contributed by atoms with Crippen LogP contribution in [0.2, 0.25) is 10.0 Å². The van der Waals surface area contributed by atoms with Crippen LogP contribution in [0.25, 0.3) is 0 Å². The van der Waals surface area contributed by atoms with Crippen molar-refractivity contribution in [1.29, 1.82) is 0 Å².